The molecule has 0 bridgehead atoms. The molecule has 55 heavy (non-hydrogen) atoms. The standard InChI is InChI=1S/C52H36N2S/c1-5-17-37(18-6-1)38-29-31-44(32-30-38)53(42-23-9-3-10-24-42)45-35-49(52-47-33-40-21-13-14-22-41(40)34-50(47)55-51(52)36-45)54(43-25-11-4-12-26-43)48-28-16-15-27-46(48)39-19-7-2-8-20-39/h1-36H. The van der Waals surface area contributed by atoms with E-state index in [1.807, 2.05) is 11.3 Å². The molecule has 1 heterocycles. The summed E-state index contributed by atoms with van der Waals surface area (Å²) in [6.07, 6.45) is 0. The highest BCUT2D eigenvalue weighted by Gasteiger charge is 2.24. The number of anilines is 6. The number of hydrogen-bond acceptors (Lipinski definition) is 3. The maximum atomic E-state index is 2.47. The van der Waals surface area contributed by atoms with Crippen LogP contribution >= 0.6 is 11.3 Å². The zero-order chi connectivity index (χ0) is 36.6. The van der Waals surface area contributed by atoms with Gasteiger partial charge in [-0.05, 0) is 94.2 Å². The molecule has 0 atom stereocenters. The number of fused-ring (bicyclic) bond motifs is 4. The molecule has 10 aromatic rings. The van der Waals surface area contributed by atoms with Crippen LogP contribution in [0, 0.1) is 0 Å². The summed E-state index contributed by atoms with van der Waals surface area (Å²) >= 11 is 1.87. The van der Waals surface area contributed by atoms with E-state index in [2.05, 4.69) is 228 Å². The van der Waals surface area contributed by atoms with Crippen LogP contribution < -0.4 is 9.80 Å². The molecule has 0 saturated carbocycles. The first-order chi connectivity index (χ1) is 27.3. The van der Waals surface area contributed by atoms with Gasteiger partial charge in [0.15, 0.2) is 0 Å². The zero-order valence-electron chi connectivity index (χ0n) is 30.1. The van der Waals surface area contributed by atoms with E-state index in [0.717, 1.165) is 34.1 Å². The lowest BCUT2D eigenvalue weighted by Crippen LogP contribution is -2.14. The Morgan fingerprint density at radius 1 is 0.309 bits per heavy atom. The van der Waals surface area contributed by atoms with E-state index < -0.39 is 0 Å². The van der Waals surface area contributed by atoms with Crippen LogP contribution in [0.4, 0.5) is 34.1 Å². The zero-order valence-corrected chi connectivity index (χ0v) is 30.9. The third kappa shape index (κ3) is 6.11. The molecule has 0 N–H and O–H groups in total. The summed E-state index contributed by atoms with van der Waals surface area (Å²) in [4.78, 5) is 4.86. The Morgan fingerprint density at radius 2 is 0.818 bits per heavy atom. The van der Waals surface area contributed by atoms with Gasteiger partial charge in [0.2, 0.25) is 0 Å². The van der Waals surface area contributed by atoms with Gasteiger partial charge in [0.05, 0.1) is 11.4 Å². The van der Waals surface area contributed by atoms with Crippen LogP contribution in [-0.4, -0.2) is 0 Å². The minimum atomic E-state index is 1.09. The van der Waals surface area contributed by atoms with Crippen LogP contribution in [0.15, 0.2) is 218 Å². The predicted octanol–water partition coefficient (Wildman–Crippen LogP) is 15.5. The number of rotatable bonds is 8. The van der Waals surface area contributed by atoms with Crippen molar-refractivity contribution in [3.63, 3.8) is 0 Å². The lowest BCUT2D eigenvalue weighted by Gasteiger charge is -2.31. The van der Waals surface area contributed by atoms with Gasteiger partial charge in [0.25, 0.3) is 0 Å². The lowest BCUT2D eigenvalue weighted by molar-refractivity contribution is 1.26. The van der Waals surface area contributed by atoms with Crippen molar-refractivity contribution in [2.45, 2.75) is 0 Å². The highest BCUT2D eigenvalue weighted by atomic mass is 32.1. The average Bonchev–Trinajstić information content (AvgIpc) is 3.62. The second kappa shape index (κ2) is 14.1. The predicted molar refractivity (Wildman–Crippen MR) is 237 cm³/mol. The van der Waals surface area contributed by atoms with Crippen molar-refractivity contribution >= 4 is 76.4 Å². The molecule has 0 aliphatic carbocycles. The van der Waals surface area contributed by atoms with Gasteiger partial charge in [-0.25, -0.2) is 0 Å². The summed E-state index contributed by atoms with van der Waals surface area (Å²) < 4.78 is 2.51. The summed E-state index contributed by atoms with van der Waals surface area (Å²) in [5.74, 6) is 0. The first kappa shape index (κ1) is 32.7. The van der Waals surface area contributed by atoms with Crippen LogP contribution in [0.25, 0.3) is 53.2 Å². The Morgan fingerprint density at radius 3 is 1.49 bits per heavy atom. The van der Waals surface area contributed by atoms with E-state index in [9.17, 15) is 0 Å². The molecule has 0 spiro atoms. The van der Waals surface area contributed by atoms with Gasteiger partial charge in [0.1, 0.15) is 0 Å². The number of thiophene rings is 1. The topological polar surface area (TPSA) is 6.48 Å². The molecule has 0 radical (unpaired) electrons. The van der Waals surface area contributed by atoms with Gasteiger partial charge >= 0.3 is 0 Å². The van der Waals surface area contributed by atoms with Crippen molar-refractivity contribution in [1.82, 2.24) is 0 Å². The maximum absolute atomic E-state index is 2.47. The van der Waals surface area contributed by atoms with Crippen LogP contribution in [0.2, 0.25) is 0 Å². The second-order valence-electron chi connectivity index (χ2n) is 13.8. The Labute approximate surface area is 325 Å². The highest BCUT2D eigenvalue weighted by Crippen LogP contribution is 2.51. The fraction of sp³-hybridized carbons (Fsp3) is 0. The summed E-state index contributed by atoms with van der Waals surface area (Å²) in [6, 6.07) is 78.9. The van der Waals surface area contributed by atoms with Gasteiger partial charge in [-0.2, -0.15) is 0 Å². The Bertz CT molecular complexity index is 2900. The van der Waals surface area contributed by atoms with Gasteiger partial charge in [-0.3, -0.25) is 0 Å². The number of para-hydroxylation sites is 3. The lowest BCUT2D eigenvalue weighted by atomic mass is 10.00. The minimum absolute atomic E-state index is 1.09. The molecular formula is C52H36N2S. The highest BCUT2D eigenvalue weighted by molar-refractivity contribution is 7.26. The van der Waals surface area contributed by atoms with Gasteiger partial charge in [-0.1, -0.05) is 152 Å². The Kier molecular flexibility index (Phi) is 8.40. The molecule has 0 amide bonds. The van der Waals surface area contributed by atoms with E-state index in [1.54, 1.807) is 0 Å². The fourth-order valence-electron chi connectivity index (χ4n) is 7.83. The fourth-order valence-corrected chi connectivity index (χ4v) is 9.02. The van der Waals surface area contributed by atoms with Crippen LogP contribution in [-0.2, 0) is 0 Å². The summed E-state index contributed by atoms with van der Waals surface area (Å²) in [5.41, 5.74) is 11.4. The largest absolute Gasteiger partial charge is 0.310 e. The monoisotopic (exact) mass is 720 g/mol. The van der Waals surface area contributed by atoms with Crippen molar-refractivity contribution in [2.24, 2.45) is 0 Å². The van der Waals surface area contributed by atoms with Crippen molar-refractivity contribution in [3.05, 3.63) is 218 Å². The summed E-state index contributed by atoms with van der Waals surface area (Å²) in [6.45, 7) is 0. The van der Waals surface area contributed by atoms with Crippen molar-refractivity contribution < 1.29 is 0 Å². The summed E-state index contributed by atoms with van der Waals surface area (Å²) in [7, 11) is 0. The molecule has 0 aliphatic rings. The number of nitrogens with zero attached hydrogens (tertiary/aromatic N) is 2. The number of hydrogen-bond donors (Lipinski definition) is 0. The molecule has 0 aliphatic heterocycles. The minimum Gasteiger partial charge on any atom is -0.310 e. The third-order valence-corrected chi connectivity index (χ3v) is 11.5. The normalized spacial score (nSPS) is 11.3. The summed E-state index contributed by atoms with van der Waals surface area (Å²) in [5, 5.41) is 5.00. The first-order valence-electron chi connectivity index (χ1n) is 18.7. The number of benzene rings is 9. The Balaban J connectivity index is 1.27. The van der Waals surface area contributed by atoms with Crippen LogP contribution in [0.1, 0.15) is 0 Å². The molecule has 0 unspecified atom stereocenters. The van der Waals surface area contributed by atoms with E-state index in [4.69, 9.17) is 0 Å². The smallest absolute Gasteiger partial charge is 0.0575 e. The maximum Gasteiger partial charge on any atom is 0.0575 e. The van der Waals surface area contributed by atoms with Crippen molar-refractivity contribution in [3.8, 4) is 22.3 Å². The molecular weight excluding hydrogens is 685 g/mol. The molecule has 0 fully saturated rings. The average molecular weight is 721 g/mol. The van der Waals surface area contributed by atoms with Gasteiger partial charge < -0.3 is 9.80 Å². The first-order valence-corrected chi connectivity index (χ1v) is 19.5. The molecule has 0 saturated heterocycles. The van der Waals surface area contributed by atoms with Gasteiger partial charge in [-0.15, -0.1) is 11.3 Å². The molecule has 260 valence electrons. The van der Waals surface area contributed by atoms with E-state index >= 15 is 0 Å². The molecule has 9 aromatic carbocycles. The van der Waals surface area contributed by atoms with Crippen LogP contribution in [0.5, 0.6) is 0 Å². The van der Waals surface area contributed by atoms with E-state index in [1.165, 1.54) is 53.2 Å². The van der Waals surface area contributed by atoms with E-state index in [-0.39, 0.29) is 0 Å². The molecule has 2 nitrogen and oxygen atoms in total. The third-order valence-electron chi connectivity index (χ3n) is 10.4. The molecule has 1 aromatic heterocycles. The Hall–Kier alpha value is -6.94. The van der Waals surface area contributed by atoms with Crippen molar-refractivity contribution in [2.75, 3.05) is 9.80 Å². The van der Waals surface area contributed by atoms with Gasteiger partial charge in [0, 0.05) is 48.5 Å². The quantitative estimate of drug-likeness (QED) is 0.154. The van der Waals surface area contributed by atoms with Crippen molar-refractivity contribution in [1.29, 1.82) is 0 Å². The SMILES string of the molecule is c1ccc(-c2ccc(N(c3ccccc3)c3cc(N(c4ccccc4)c4ccccc4-c4ccccc4)c4c(c3)sc3cc5ccccc5cc34)cc2)cc1. The molecule has 3 heteroatoms. The second-order valence-corrected chi connectivity index (χ2v) is 14.9. The van der Waals surface area contributed by atoms with E-state index in [0.29, 0.717) is 0 Å². The van der Waals surface area contributed by atoms with Crippen LogP contribution in [0.3, 0.4) is 0 Å². The molecule has 10 rings (SSSR count).